The third-order valence-electron chi connectivity index (χ3n) is 0.714. The number of hydrogen-bond donors (Lipinski definition) is 0. The van der Waals surface area contributed by atoms with Crippen LogP contribution in [0.3, 0.4) is 0 Å². The van der Waals surface area contributed by atoms with Gasteiger partial charge in [0.2, 0.25) is 0 Å². The average Bonchev–Trinajstić information content (AvgIpc) is 1.83. The van der Waals surface area contributed by atoms with Crippen LogP contribution in [0, 0.1) is 17.2 Å². The van der Waals surface area contributed by atoms with E-state index in [4.69, 9.17) is 10.00 Å². The van der Waals surface area contributed by atoms with Crippen LogP contribution in [0.25, 0.3) is 0 Å². The Morgan fingerprint density at radius 1 is 1.75 bits per heavy atom. The van der Waals surface area contributed by atoms with Gasteiger partial charge in [0.1, 0.15) is 0 Å². The fraction of sp³-hybridized carbons (Fsp3) is 0.667. The first-order chi connectivity index (χ1) is 3.81. The summed E-state index contributed by atoms with van der Waals surface area (Å²) in [6.07, 6.45) is 0. The Bertz CT molecular complexity index is 85.0. The summed E-state index contributed by atoms with van der Waals surface area (Å²) in [4.78, 5) is 0. The van der Waals surface area contributed by atoms with Crippen LogP contribution in [0.1, 0.15) is 13.8 Å². The van der Waals surface area contributed by atoms with Crippen LogP contribution in [0.4, 0.5) is 0 Å². The molecule has 0 aromatic rings. The molecule has 8 heavy (non-hydrogen) atoms. The van der Waals surface area contributed by atoms with Gasteiger partial charge in [-0.05, 0) is 13.8 Å². The number of rotatable bonds is 3. The highest BCUT2D eigenvalue weighted by molar-refractivity contribution is 5.06. The zero-order valence-electron chi connectivity index (χ0n) is 5.27. The minimum Gasteiger partial charge on any atom is -0.380 e. The molecule has 0 aromatic heterocycles. The van der Waals surface area contributed by atoms with Gasteiger partial charge in [0, 0.05) is 6.61 Å². The topological polar surface area (TPSA) is 33.0 Å². The van der Waals surface area contributed by atoms with Crippen molar-refractivity contribution in [3.05, 3.63) is 5.92 Å². The van der Waals surface area contributed by atoms with Gasteiger partial charge in [-0.2, -0.15) is 5.26 Å². The molecule has 0 fully saturated rings. The maximum absolute atomic E-state index is 8.19. The van der Waals surface area contributed by atoms with Crippen LogP contribution in [0.15, 0.2) is 0 Å². The van der Waals surface area contributed by atoms with E-state index in [1.807, 2.05) is 13.0 Å². The number of nitriles is 1. The van der Waals surface area contributed by atoms with Gasteiger partial charge < -0.3 is 4.74 Å². The Kier molecular flexibility index (Phi) is 4.29. The molecule has 0 aliphatic heterocycles. The van der Waals surface area contributed by atoms with Crippen molar-refractivity contribution in [2.45, 2.75) is 13.8 Å². The van der Waals surface area contributed by atoms with Gasteiger partial charge in [-0.1, -0.05) is 0 Å². The molecule has 0 heterocycles. The van der Waals surface area contributed by atoms with Crippen LogP contribution in [-0.4, -0.2) is 13.2 Å². The molecular weight excluding hydrogens is 102 g/mol. The molecule has 0 atom stereocenters. The Labute approximate surface area is 50.1 Å². The summed E-state index contributed by atoms with van der Waals surface area (Å²) >= 11 is 0. The zero-order chi connectivity index (χ0) is 6.41. The van der Waals surface area contributed by atoms with E-state index in [1.54, 1.807) is 6.92 Å². The van der Waals surface area contributed by atoms with Crippen molar-refractivity contribution in [1.82, 2.24) is 0 Å². The first-order valence-corrected chi connectivity index (χ1v) is 2.61. The lowest BCUT2D eigenvalue weighted by Crippen LogP contribution is -1.99. The average molecular weight is 112 g/mol. The fourth-order valence-electron chi connectivity index (χ4n) is 0.287. The summed E-state index contributed by atoms with van der Waals surface area (Å²) in [7, 11) is 0. The third kappa shape index (κ3) is 3.63. The minimum atomic E-state index is 0.479. The molecule has 0 N–H and O–H groups in total. The van der Waals surface area contributed by atoms with Crippen LogP contribution < -0.4 is 0 Å². The maximum Gasteiger partial charge on any atom is 0.0983 e. The van der Waals surface area contributed by atoms with Gasteiger partial charge in [-0.3, -0.25) is 0 Å². The van der Waals surface area contributed by atoms with E-state index in [0.29, 0.717) is 13.2 Å². The molecule has 45 valence electrons. The van der Waals surface area contributed by atoms with E-state index in [9.17, 15) is 0 Å². The van der Waals surface area contributed by atoms with Crippen molar-refractivity contribution in [3.8, 4) is 6.07 Å². The summed E-state index contributed by atoms with van der Waals surface area (Å²) in [6.45, 7) is 4.83. The molecule has 0 amide bonds. The van der Waals surface area contributed by atoms with Gasteiger partial charge in [0.05, 0.1) is 18.6 Å². The van der Waals surface area contributed by atoms with Gasteiger partial charge in [0.15, 0.2) is 0 Å². The molecule has 2 heteroatoms. The fourth-order valence-corrected chi connectivity index (χ4v) is 0.287. The highest BCUT2D eigenvalue weighted by atomic mass is 16.5. The van der Waals surface area contributed by atoms with E-state index in [0.717, 1.165) is 5.92 Å². The molecule has 2 nitrogen and oxygen atoms in total. The van der Waals surface area contributed by atoms with E-state index in [1.165, 1.54) is 0 Å². The Balaban J connectivity index is 3.02. The first kappa shape index (κ1) is 7.45. The second-order valence-electron chi connectivity index (χ2n) is 1.53. The van der Waals surface area contributed by atoms with Gasteiger partial charge in [-0.15, -0.1) is 0 Å². The molecular formula is C6H10NO. The smallest absolute Gasteiger partial charge is 0.0983 e. The lowest BCUT2D eigenvalue weighted by atomic mass is 10.2. The van der Waals surface area contributed by atoms with Crippen LogP contribution in [0.2, 0.25) is 0 Å². The number of hydrogen-bond acceptors (Lipinski definition) is 2. The van der Waals surface area contributed by atoms with Crippen molar-refractivity contribution in [1.29, 1.82) is 5.26 Å². The predicted octanol–water partition coefficient (Wildman–Crippen LogP) is 1.14. The second-order valence-corrected chi connectivity index (χ2v) is 1.53. The largest absolute Gasteiger partial charge is 0.380 e. The van der Waals surface area contributed by atoms with Gasteiger partial charge in [-0.25, -0.2) is 0 Å². The van der Waals surface area contributed by atoms with Crippen molar-refractivity contribution in [2.75, 3.05) is 13.2 Å². The van der Waals surface area contributed by atoms with Gasteiger partial charge >= 0.3 is 0 Å². The summed E-state index contributed by atoms with van der Waals surface area (Å²) in [6, 6.07) is 1.99. The lowest BCUT2D eigenvalue weighted by molar-refractivity contribution is 0.162. The predicted molar refractivity (Wildman–Crippen MR) is 31.0 cm³/mol. The molecule has 0 aliphatic rings. The van der Waals surface area contributed by atoms with Crippen molar-refractivity contribution in [3.63, 3.8) is 0 Å². The minimum absolute atomic E-state index is 0.479. The van der Waals surface area contributed by atoms with Crippen LogP contribution >= 0.6 is 0 Å². The Morgan fingerprint density at radius 3 is 2.75 bits per heavy atom. The standard InChI is InChI=1S/C6H10NO/c1-3-8-5-6(2)4-7/h3,5H2,1-2H3. The van der Waals surface area contributed by atoms with Crippen molar-refractivity contribution >= 4 is 0 Å². The van der Waals surface area contributed by atoms with Gasteiger partial charge in [0.25, 0.3) is 0 Å². The number of ether oxygens (including phenoxy) is 1. The van der Waals surface area contributed by atoms with Crippen molar-refractivity contribution in [2.24, 2.45) is 0 Å². The second kappa shape index (κ2) is 4.61. The molecule has 0 saturated carbocycles. The molecule has 0 bridgehead atoms. The molecule has 0 spiro atoms. The van der Waals surface area contributed by atoms with Crippen LogP contribution in [0.5, 0.6) is 0 Å². The summed E-state index contributed by atoms with van der Waals surface area (Å²) < 4.78 is 4.93. The lowest BCUT2D eigenvalue weighted by Gasteiger charge is -1.98. The van der Waals surface area contributed by atoms with Crippen molar-refractivity contribution < 1.29 is 4.74 Å². The molecule has 0 rings (SSSR count). The quantitative estimate of drug-likeness (QED) is 0.548. The summed E-state index contributed by atoms with van der Waals surface area (Å²) in [5.74, 6) is 0.729. The number of nitrogens with zero attached hydrogens (tertiary/aromatic N) is 1. The Morgan fingerprint density at radius 2 is 2.38 bits per heavy atom. The molecule has 0 aromatic carbocycles. The van der Waals surface area contributed by atoms with E-state index < -0.39 is 0 Å². The molecule has 0 aliphatic carbocycles. The Hall–Kier alpha value is -0.550. The molecule has 1 radical (unpaired) electrons. The first-order valence-electron chi connectivity index (χ1n) is 2.61. The highest BCUT2D eigenvalue weighted by Crippen LogP contribution is 1.93. The SMILES string of the molecule is CCOC[C](C)C#N. The third-order valence-corrected chi connectivity index (χ3v) is 0.714. The summed E-state index contributed by atoms with van der Waals surface area (Å²) in [5.41, 5.74) is 0. The highest BCUT2D eigenvalue weighted by Gasteiger charge is 1.96. The van der Waals surface area contributed by atoms with E-state index >= 15 is 0 Å². The summed E-state index contributed by atoms with van der Waals surface area (Å²) in [5, 5.41) is 8.19. The van der Waals surface area contributed by atoms with Crippen LogP contribution in [-0.2, 0) is 4.74 Å². The normalized spacial score (nSPS) is 9.25. The monoisotopic (exact) mass is 112 g/mol. The molecule has 0 unspecified atom stereocenters. The zero-order valence-corrected chi connectivity index (χ0v) is 5.27. The van der Waals surface area contributed by atoms with E-state index in [2.05, 4.69) is 0 Å². The maximum atomic E-state index is 8.19. The van der Waals surface area contributed by atoms with E-state index in [-0.39, 0.29) is 0 Å². The molecule has 0 saturated heterocycles.